The van der Waals surface area contributed by atoms with Gasteiger partial charge >= 0.3 is 0 Å². The Bertz CT molecular complexity index is 464. The number of morpholine rings is 1. The van der Waals surface area contributed by atoms with E-state index in [1.54, 1.807) is 0 Å². The zero-order valence-electron chi connectivity index (χ0n) is 12.9. The van der Waals surface area contributed by atoms with Crippen molar-refractivity contribution in [2.24, 2.45) is 0 Å². The van der Waals surface area contributed by atoms with Crippen molar-refractivity contribution < 1.29 is 9.53 Å². The van der Waals surface area contributed by atoms with Gasteiger partial charge in [0.15, 0.2) is 0 Å². The van der Waals surface area contributed by atoms with Crippen LogP contribution in [0.15, 0.2) is 33.6 Å². The highest BCUT2D eigenvalue weighted by molar-refractivity contribution is 9.10. The summed E-state index contributed by atoms with van der Waals surface area (Å²) in [5.74, 6) is 1.22. The highest BCUT2D eigenvalue weighted by atomic mass is 79.9. The average molecular weight is 387 g/mol. The Labute approximate surface area is 145 Å². The van der Waals surface area contributed by atoms with Crippen molar-refractivity contribution in [3.63, 3.8) is 0 Å². The van der Waals surface area contributed by atoms with Gasteiger partial charge in [0, 0.05) is 47.2 Å². The van der Waals surface area contributed by atoms with Gasteiger partial charge in [0.05, 0.1) is 13.2 Å². The van der Waals surface area contributed by atoms with Crippen LogP contribution in [0.4, 0.5) is 0 Å². The van der Waals surface area contributed by atoms with E-state index in [1.165, 1.54) is 4.90 Å². The molecule has 1 amide bonds. The van der Waals surface area contributed by atoms with Crippen LogP contribution in [0, 0.1) is 0 Å². The quantitative estimate of drug-likeness (QED) is 0.577. The Kier molecular flexibility index (Phi) is 7.72. The molecule has 1 atom stereocenters. The minimum absolute atomic E-state index is 0.209. The second-order valence-corrected chi connectivity index (χ2v) is 7.44. The van der Waals surface area contributed by atoms with Gasteiger partial charge in [-0.15, -0.1) is 11.8 Å². The van der Waals surface area contributed by atoms with Crippen LogP contribution in [-0.4, -0.2) is 55.4 Å². The van der Waals surface area contributed by atoms with E-state index in [2.05, 4.69) is 52.4 Å². The van der Waals surface area contributed by atoms with Crippen LogP contribution in [0.25, 0.3) is 0 Å². The Morgan fingerprint density at radius 1 is 1.36 bits per heavy atom. The number of nitrogens with zero attached hydrogens (tertiary/aromatic N) is 1. The van der Waals surface area contributed by atoms with Crippen molar-refractivity contribution >= 4 is 33.6 Å². The molecule has 1 aliphatic rings. The van der Waals surface area contributed by atoms with Gasteiger partial charge < -0.3 is 15.0 Å². The maximum Gasteiger partial charge on any atom is 0.224 e. The van der Waals surface area contributed by atoms with Gasteiger partial charge in [-0.05, 0) is 31.2 Å². The molecule has 1 aromatic rings. The Hall–Kier alpha value is -0.560. The fraction of sp³-hybridized carbons (Fsp3) is 0.562. The van der Waals surface area contributed by atoms with Crippen molar-refractivity contribution in [1.82, 2.24) is 10.2 Å². The Balaban J connectivity index is 1.59. The Morgan fingerprint density at radius 3 is 2.73 bits per heavy atom. The molecule has 22 heavy (non-hydrogen) atoms. The summed E-state index contributed by atoms with van der Waals surface area (Å²) in [7, 11) is 0. The van der Waals surface area contributed by atoms with Gasteiger partial charge in [-0.2, -0.15) is 0 Å². The first-order valence-electron chi connectivity index (χ1n) is 7.62. The zero-order valence-corrected chi connectivity index (χ0v) is 15.3. The lowest BCUT2D eigenvalue weighted by atomic mass is 10.2. The molecular weight excluding hydrogens is 364 g/mol. The van der Waals surface area contributed by atoms with Crippen LogP contribution < -0.4 is 5.32 Å². The highest BCUT2D eigenvalue weighted by Crippen LogP contribution is 2.20. The number of carbonyl (C=O) groups is 1. The zero-order chi connectivity index (χ0) is 15.8. The summed E-state index contributed by atoms with van der Waals surface area (Å²) in [5, 5.41) is 3.43. The summed E-state index contributed by atoms with van der Waals surface area (Å²) in [6.07, 6.45) is 0.558. The van der Waals surface area contributed by atoms with E-state index in [1.807, 2.05) is 16.7 Å². The number of hydrogen-bond donors (Lipinski definition) is 1. The summed E-state index contributed by atoms with van der Waals surface area (Å²) < 4.78 is 6.37. The van der Waals surface area contributed by atoms with Crippen LogP contribution in [0.2, 0.25) is 0 Å². The minimum Gasteiger partial charge on any atom is -0.378 e. The summed E-state index contributed by atoms with van der Waals surface area (Å²) in [6.45, 7) is 5.76. The number of carbonyl (C=O) groups excluding carboxylic acids is 1. The van der Waals surface area contributed by atoms with E-state index >= 15 is 0 Å². The molecule has 0 aliphatic carbocycles. The van der Waals surface area contributed by atoms with Crippen molar-refractivity contribution in [1.29, 1.82) is 0 Å². The third-order valence-corrected chi connectivity index (χ3v) is 5.06. The number of ether oxygens (including phenoxy) is 1. The fourth-order valence-electron chi connectivity index (χ4n) is 2.28. The van der Waals surface area contributed by atoms with Gasteiger partial charge in [-0.25, -0.2) is 0 Å². The molecule has 0 spiro atoms. The van der Waals surface area contributed by atoms with E-state index in [-0.39, 0.29) is 11.9 Å². The monoisotopic (exact) mass is 386 g/mol. The third kappa shape index (κ3) is 6.28. The molecule has 2 rings (SSSR count). The first kappa shape index (κ1) is 17.8. The van der Waals surface area contributed by atoms with E-state index in [0.29, 0.717) is 19.6 Å². The smallest absolute Gasteiger partial charge is 0.224 e. The summed E-state index contributed by atoms with van der Waals surface area (Å²) >= 11 is 5.26. The van der Waals surface area contributed by atoms with Crippen molar-refractivity contribution in [3.8, 4) is 0 Å². The predicted molar refractivity (Wildman–Crippen MR) is 94.3 cm³/mol. The van der Waals surface area contributed by atoms with Crippen LogP contribution >= 0.6 is 27.7 Å². The maximum absolute atomic E-state index is 12.1. The number of benzene rings is 1. The van der Waals surface area contributed by atoms with E-state index < -0.39 is 0 Å². The first-order valence-corrected chi connectivity index (χ1v) is 9.40. The maximum atomic E-state index is 12.1. The summed E-state index contributed by atoms with van der Waals surface area (Å²) in [5.41, 5.74) is 0. The topological polar surface area (TPSA) is 41.6 Å². The molecule has 1 aromatic carbocycles. The van der Waals surface area contributed by atoms with Gasteiger partial charge in [0.25, 0.3) is 0 Å². The van der Waals surface area contributed by atoms with Gasteiger partial charge in [-0.3, -0.25) is 4.79 Å². The minimum atomic E-state index is 0.209. The Morgan fingerprint density at radius 2 is 2.05 bits per heavy atom. The number of thioether (sulfide) groups is 1. The normalized spacial score (nSPS) is 16.5. The first-order chi connectivity index (χ1) is 10.6. The molecule has 6 heteroatoms. The fourth-order valence-corrected chi connectivity index (χ4v) is 3.33. The third-order valence-electron chi connectivity index (χ3n) is 3.52. The van der Waals surface area contributed by atoms with Gasteiger partial charge in [0.1, 0.15) is 0 Å². The largest absolute Gasteiger partial charge is 0.378 e. The SMILES string of the molecule is C[C@H](CC(=O)N1CCOCC1)NCCSc1ccc(Br)cc1. The number of rotatable bonds is 7. The van der Waals surface area contributed by atoms with E-state index in [4.69, 9.17) is 4.74 Å². The number of halogens is 1. The van der Waals surface area contributed by atoms with E-state index in [0.717, 1.165) is 29.9 Å². The van der Waals surface area contributed by atoms with Crippen LogP contribution in [0.5, 0.6) is 0 Å². The lowest BCUT2D eigenvalue weighted by Crippen LogP contribution is -2.43. The highest BCUT2D eigenvalue weighted by Gasteiger charge is 2.18. The second-order valence-electron chi connectivity index (χ2n) is 5.35. The van der Waals surface area contributed by atoms with Crippen LogP contribution in [0.1, 0.15) is 13.3 Å². The molecule has 0 aromatic heterocycles. The summed E-state index contributed by atoms with van der Waals surface area (Å²) in [6, 6.07) is 8.54. The number of nitrogens with one attached hydrogen (secondary N) is 1. The molecule has 1 N–H and O–H groups in total. The van der Waals surface area contributed by atoms with Gasteiger partial charge in [-0.1, -0.05) is 15.9 Å². The molecule has 0 unspecified atom stereocenters. The molecule has 1 saturated heterocycles. The van der Waals surface area contributed by atoms with Crippen LogP contribution in [-0.2, 0) is 9.53 Å². The molecule has 1 aliphatic heterocycles. The predicted octanol–water partition coefficient (Wildman–Crippen LogP) is 2.77. The van der Waals surface area contributed by atoms with Crippen molar-refractivity contribution in [2.75, 3.05) is 38.6 Å². The standard InChI is InChI=1S/C16H23BrN2O2S/c1-13(12-16(20)19-7-9-21-10-8-19)18-6-11-22-15-4-2-14(17)3-5-15/h2-5,13,18H,6-12H2,1H3/t13-/m1/s1. The number of hydrogen-bond acceptors (Lipinski definition) is 4. The van der Waals surface area contributed by atoms with Crippen molar-refractivity contribution in [2.45, 2.75) is 24.3 Å². The molecule has 4 nitrogen and oxygen atoms in total. The van der Waals surface area contributed by atoms with E-state index in [9.17, 15) is 4.79 Å². The van der Waals surface area contributed by atoms with Crippen molar-refractivity contribution in [3.05, 3.63) is 28.7 Å². The lowest BCUT2D eigenvalue weighted by molar-refractivity contribution is -0.135. The number of amides is 1. The molecular formula is C16H23BrN2O2S. The van der Waals surface area contributed by atoms with Gasteiger partial charge in [0.2, 0.25) is 5.91 Å². The molecule has 0 saturated carbocycles. The molecule has 1 fully saturated rings. The lowest BCUT2D eigenvalue weighted by Gasteiger charge is -2.28. The molecule has 122 valence electrons. The molecule has 1 heterocycles. The molecule has 0 radical (unpaired) electrons. The van der Waals surface area contributed by atoms with Crippen LogP contribution in [0.3, 0.4) is 0 Å². The molecule has 0 bridgehead atoms. The summed E-state index contributed by atoms with van der Waals surface area (Å²) in [4.78, 5) is 15.3. The average Bonchev–Trinajstić information content (AvgIpc) is 2.54. The second kappa shape index (κ2) is 9.55.